The number of sulfonamides is 1. The smallest absolute Gasteiger partial charge is 0.289 e. The Hall–Kier alpha value is -3.46. The van der Waals surface area contributed by atoms with Crippen molar-refractivity contribution in [3.63, 3.8) is 0 Å². The van der Waals surface area contributed by atoms with Gasteiger partial charge in [-0.05, 0) is 29.8 Å². The first-order valence-corrected chi connectivity index (χ1v) is 9.36. The standard InChI is InChI=1S/C18H15N3O5S/c22-18-7-3-4-12-20(18)13-14-8-10-15(11-9-14)19-27(25,26)17-6-2-1-5-16(17)21(23)24/h1-12,19H,13H2. The second kappa shape index (κ2) is 7.42. The molecule has 0 saturated heterocycles. The van der Waals surface area contributed by atoms with Crippen molar-refractivity contribution in [3.8, 4) is 0 Å². The monoisotopic (exact) mass is 385 g/mol. The Labute approximate surface area is 154 Å². The highest BCUT2D eigenvalue weighted by molar-refractivity contribution is 7.92. The number of hydrogen-bond donors (Lipinski definition) is 1. The van der Waals surface area contributed by atoms with Gasteiger partial charge in [-0.1, -0.05) is 30.3 Å². The van der Waals surface area contributed by atoms with Crippen molar-refractivity contribution in [1.82, 2.24) is 4.57 Å². The van der Waals surface area contributed by atoms with Gasteiger partial charge in [0.05, 0.1) is 11.5 Å². The molecule has 1 N–H and O–H groups in total. The van der Waals surface area contributed by atoms with Crippen LogP contribution in [0.25, 0.3) is 0 Å². The molecule has 3 aromatic rings. The number of hydrogen-bond acceptors (Lipinski definition) is 5. The van der Waals surface area contributed by atoms with Crippen molar-refractivity contribution < 1.29 is 13.3 Å². The lowest BCUT2D eigenvalue weighted by Crippen LogP contribution is -2.18. The summed E-state index contributed by atoms with van der Waals surface area (Å²) in [5, 5.41) is 11.1. The molecular formula is C18H15N3O5S. The van der Waals surface area contributed by atoms with E-state index in [1.54, 1.807) is 30.5 Å². The number of nitrogens with one attached hydrogen (secondary N) is 1. The molecule has 1 aromatic heterocycles. The van der Waals surface area contributed by atoms with Crippen LogP contribution in [-0.4, -0.2) is 17.9 Å². The summed E-state index contributed by atoms with van der Waals surface area (Å²) in [4.78, 5) is 21.6. The van der Waals surface area contributed by atoms with Crippen molar-refractivity contribution in [1.29, 1.82) is 0 Å². The van der Waals surface area contributed by atoms with Crippen molar-refractivity contribution in [2.75, 3.05) is 4.72 Å². The molecule has 1 heterocycles. The Kier molecular flexibility index (Phi) is 5.04. The Balaban J connectivity index is 1.81. The summed E-state index contributed by atoms with van der Waals surface area (Å²) in [5.41, 5.74) is 0.429. The van der Waals surface area contributed by atoms with Gasteiger partial charge in [-0.3, -0.25) is 19.6 Å². The SMILES string of the molecule is O=c1ccccn1Cc1ccc(NS(=O)(=O)c2ccccc2[N+](=O)[O-])cc1. The maximum atomic E-state index is 12.5. The van der Waals surface area contributed by atoms with Crippen molar-refractivity contribution in [3.05, 3.63) is 99.0 Å². The molecule has 0 aliphatic heterocycles. The van der Waals surface area contributed by atoms with Gasteiger partial charge in [0.15, 0.2) is 4.90 Å². The van der Waals surface area contributed by atoms with Gasteiger partial charge in [-0.15, -0.1) is 0 Å². The predicted molar refractivity (Wildman–Crippen MR) is 100 cm³/mol. The van der Waals surface area contributed by atoms with E-state index in [1.807, 2.05) is 0 Å². The molecule has 2 aromatic carbocycles. The van der Waals surface area contributed by atoms with Crippen molar-refractivity contribution in [2.45, 2.75) is 11.4 Å². The van der Waals surface area contributed by atoms with E-state index in [9.17, 15) is 23.3 Å². The van der Waals surface area contributed by atoms with Crippen molar-refractivity contribution >= 4 is 21.4 Å². The summed E-state index contributed by atoms with van der Waals surface area (Å²) in [6.45, 7) is 0.344. The number of para-hydroxylation sites is 1. The van der Waals surface area contributed by atoms with Crippen molar-refractivity contribution in [2.24, 2.45) is 0 Å². The number of nitrogens with zero attached hydrogens (tertiary/aromatic N) is 2. The normalized spacial score (nSPS) is 11.1. The third-order valence-corrected chi connectivity index (χ3v) is 5.24. The molecule has 0 atom stereocenters. The van der Waals surface area contributed by atoms with Gasteiger partial charge >= 0.3 is 0 Å². The summed E-state index contributed by atoms with van der Waals surface area (Å²) in [7, 11) is -4.11. The van der Waals surface area contributed by atoms with Gasteiger partial charge in [0, 0.05) is 24.0 Å². The van der Waals surface area contributed by atoms with Crippen LogP contribution in [0.4, 0.5) is 11.4 Å². The van der Waals surface area contributed by atoms with Crippen LogP contribution in [-0.2, 0) is 16.6 Å². The van der Waals surface area contributed by atoms with Crippen LogP contribution in [0.3, 0.4) is 0 Å². The molecule has 27 heavy (non-hydrogen) atoms. The molecule has 8 nitrogen and oxygen atoms in total. The van der Waals surface area contributed by atoms with Crippen LogP contribution < -0.4 is 10.3 Å². The maximum Gasteiger partial charge on any atom is 0.289 e. The average molecular weight is 385 g/mol. The minimum absolute atomic E-state index is 0.140. The third-order valence-electron chi connectivity index (χ3n) is 3.81. The minimum atomic E-state index is -4.11. The molecule has 0 unspecified atom stereocenters. The molecule has 0 amide bonds. The molecule has 0 aliphatic carbocycles. The number of rotatable bonds is 6. The topological polar surface area (TPSA) is 111 Å². The largest absolute Gasteiger partial charge is 0.311 e. The lowest BCUT2D eigenvalue weighted by atomic mass is 10.2. The second-order valence-corrected chi connectivity index (χ2v) is 7.34. The first kappa shape index (κ1) is 18.3. The molecule has 0 spiro atoms. The Morgan fingerprint density at radius 3 is 2.30 bits per heavy atom. The summed E-state index contributed by atoms with van der Waals surface area (Å²) in [6.07, 6.45) is 1.66. The number of nitro groups is 1. The first-order valence-electron chi connectivity index (χ1n) is 7.87. The zero-order valence-electron chi connectivity index (χ0n) is 14.0. The van der Waals surface area contributed by atoms with Crippen LogP contribution in [0, 0.1) is 10.1 Å². The highest BCUT2D eigenvalue weighted by Crippen LogP contribution is 2.25. The van der Waals surface area contributed by atoms with Crippen LogP contribution in [0.1, 0.15) is 5.56 Å². The molecule has 0 fully saturated rings. The van der Waals surface area contributed by atoms with Crippen LogP contribution in [0.5, 0.6) is 0 Å². The van der Waals surface area contributed by atoms with Gasteiger partial charge in [0.1, 0.15) is 0 Å². The number of aromatic nitrogens is 1. The van der Waals surface area contributed by atoms with E-state index in [2.05, 4.69) is 4.72 Å². The van der Waals surface area contributed by atoms with Gasteiger partial charge in [0.2, 0.25) is 0 Å². The quantitative estimate of drug-likeness (QED) is 0.518. The van der Waals surface area contributed by atoms with Crippen LogP contribution in [0.2, 0.25) is 0 Å². The first-order chi connectivity index (χ1) is 12.9. The van der Waals surface area contributed by atoms with Gasteiger partial charge < -0.3 is 4.57 Å². The van der Waals surface area contributed by atoms with Gasteiger partial charge in [-0.2, -0.15) is 0 Å². The lowest BCUT2D eigenvalue weighted by Gasteiger charge is -2.10. The Bertz CT molecular complexity index is 1140. The van der Waals surface area contributed by atoms with E-state index in [1.165, 1.54) is 41.0 Å². The summed E-state index contributed by atoms with van der Waals surface area (Å²) >= 11 is 0. The second-order valence-electron chi connectivity index (χ2n) is 5.69. The summed E-state index contributed by atoms with van der Waals surface area (Å²) < 4.78 is 28.8. The molecule has 138 valence electrons. The Morgan fingerprint density at radius 1 is 0.963 bits per heavy atom. The summed E-state index contributed by atoms with van der Waals surface area (Å²) in [5.74, 6) is 0. The zero-order chi connectivity index (χ0) is 19.4. The van der Waals surface area contributed by atoms with Gasteiger partial charge in [-0.25, -0.2) is 8.42 Å². The molecule has 0 aliphatic rings. The molecule has 9 heteroatoms. The number of benzene rings is 2. The van der Waals surface area contributed by atoms with E-state index in [4.69, 9.17) is 0 Å². The minimum Gasteiger partial charge on any atom is -0.311 e. The van der Waals surface area contributed by atoms with Gasteiger partial charge in [0.25, 0.3) is 21.3 Å². The van der Waals surface area contributed by atoms with E-state index in [-0.39, 0.29) is 11.2 Å². The fraction of sp³-hybridized carbons (Fsp3) is 0.0556. The lowest BCUT2D eigenvalue weighted by molar-refractivity contribution is -0.387. The third kappa shape index (κ3) is 4.21. The average Bonchev–Trinajstić information content (AvgIpc) is 2.65. The van der Waals surface area contributed by atoms with E-state index in [0.717, 1.165) is 11.6 Å². The maximum absolute atomic E-state index is 12.5. The molecule has 3 rings (SSSR count). The Morgan fingerprint density at radius 2 is 1.63 bits per heavy atom. The van der Waals surface area contributed by atoms with E-state index >= 15 is 0 Å². The zero-order valence-corrected chi connectivity index (χ0v) is 14.8. The van der Waals surface area contributed by atoms with E-state index < -0.39 is 25.5 Å². The number of nitro benzene ring substituents is 1. The number of pyridine rings is 1. The summed E-state index contributed by atoms with van der Waals surface area (Å²) in [6, 6.07) is 16.4. The molecule has 0 bridgehead atoms. The molecular weight excluding hydrogens is 370 g/mol. The fourth-order valence-electron chi connectivity index (χ4n) is 2.51. The van der Waals surface area contributed by atoms with Crippen LogP contribution in [0.15, 0.2) is 82.6 Å². The highest BCUT2D eigenvalue weighted by Gasteiger charge is 2.25. The predicted octanol–water partition coefficient (Wildman–Crippen LogP) is 2.61. The number of anilines is 1. The van der Waals surface area contributed by atoms with E-state index in [0.29, 0.717) is 6.54 Å². The molecule has 0 radical (unpaired) electrons. The van der Waals surface area contributed by atoms with Crippen LogP contribution >= 0.6 is 0 Å². The fourth-order valence-corrected chi connectivity index (χ4v) is 3.74. The highest BCUT2D eigenvalue weighted by atomic mass is 32.2. The molecule has 0 saturated carbocycles.